The second-order valence-corrected chi connectivity index (χ2v) is 7.92. The van der Waals surface area contributed by atoms with Crippen LogP contribution in [0.25, 0.3) is 0 Å². The van der Waals surface area contributed by atoms with E-state index in [0.717, 1.165) is 29.9 Å². The molecule has 3 aromatic rings. The molecule has 0 spiro atoms. The molecule has 1 aromatic heterocycles. The van der Waals surface area contributed by atoms with Gasteiger partial charge in [0.1, 0.15) is 0 Å². The second kappa shape index (κ2) is 8.70. The van der Waals surface area contributed by atoms with Gasteiger partial charge >= 0.3 is 6.03 Å². The van der Waals surface area contributed by atoms with Crippen LogP contribution in [0, 0.1) is 0 Å². The zero-order valence-corrected chi connectivity index (χ0v) is 16.7. The summed E-state index contributed by atoms with van der Waals surface area (Å²) in [6.45, 7) is 6.51. The fourth-order valence-electron chi connectivity index (χ4n) is 2.92. The van der Waals surface area contributed by atoms with Crippen molar-refractivity contribution in [3.8, 4) is 0 Å². The number of hydrogen-bond acceptors (Lipinski definition) is 2. The molecule has 3 rings (SSSR count). The maximum atomic E-state index is 12.2. The number of carbonyl (C=O) groups excluding carboxylic acids is 1. The molecule has 0 saturated heterocycles. The lowest BCUT2D eigenvalue weighted by molar-refractivity contribution is 0.262. The van der Waals surface area contributed by atoms with Crippen molar-refractivity contribution in [3.63, 3.8) is 0 Å². The first kappa shape index (κ1) is 19.6. The summed E-state index contributed by atoms with van der Waals surface area (Å²) >= 11 is 0. The van der Waals surface area contributed by atoms with Gasteiger partial charge in [0.2, 0.25) is 0 Å². The highest BCUT2D eigenvalue weighted by Crippen LogP contribution is 2.23. The first-order valence-electron chi connectivity index (χ1n) is 9.57. The number of nitrogens with one attached hydrogen (secondary N) is 2. The first-order chi connectivity index (χ1) is 13.4. The quantitative estimate of drug-likeness (QED) is 0.593. The van der Waals surface area contributed by atoms with Gasteiger partial charge in [0.05, 0.1) is 0 Å². The van der Waals surface area contributed by atoms with Gasteiger partial charge in [-0.3, -0.25) is 4.98 Å². The number of rotatable bonds is 5. The van der Waals surface area contributed by atoms with E-state index in [9.17, 15) is 4.79 Å². The summed E-state index contributed by atoms with van der Waals surface area (Å²) in [5.41, 5.74) is 5.18. The lowest BCUT2D eigenvalue weighted by Crippen LogP contribution is -2.19. The van der Waals surface area contributed by atoms with E-state index in [-0.39, 0.29) is 11.4 Å². The van der Waals surface area contributed by atoms with Crippen molar-refractivity contribution in [1.82, 2.24) is 4.98 Å². The Hall–Kier alpha value is -3.14. The van der Waals surface area contributed by atoms with Crippen molar-refractivity contribution >= 4 is 17.4 Å². The molecule has 0 aliphatic heterocycles. The molecule has 2 aromatic carbocycles. The Morgan fingerprint density at radius 2 is 1.43 bits per heavy atom. The monoisotopic (exact) mass is 373 g/mol. The van der Waals surface area contributed by atoms with E-state index in [1.54, 1.807) is 0 Å². The lowest BCUT2D eigenvalue weighted by atomic mass is 9.87. The Bertz CT molecular complexity index is 895. The summed E-state index contributed by atoms with van der Waals surface area (Å²) in [5, 5.41) is 5.75. The van der Waals surface area contributed by atoms with E-state index in [0.29, 0.717) is 0 Å². The van der Waals surface area contributed by atoms with Crippen LogP contribution in [0.2, 0.25) is 0 Å². The molecule has 4 nitrogen and oxygen atoms in total. The number of hydrogen-bond donors (Lipinski definition) is 2. The minimum Gasteiger partial charge on any atom is -0.308 e. The van der Waals surface area contributed by atoms with Gasteiger partial charge in [-0.2, -0.15) is 0 Å². The molecule has 2 amide bonds. The van der Waals surface area contributed by atoms with Crippen LogP contribution in [-0.2, 0) is 18.3 Å². The molecule has 0 bridgehead atoms. The van der Waals surface area contributed by atoms with E-state index < -0.39 is 0 Å². The third-order valence-electron chi connectivity index (χ3n) is 4.62. The Labute approximate surface area is 167 Å². The van der Waals surface area contributed by atoms with Crippen LogP contribution >= 0.6 is 0 Å². The summed E-state index contributed by atoms with van der Waals surface area (Å²) in [5.74, 6) is 0. The summed E-state index contributed by atoms with van der Waals surface area (Å²) < 4.78 is 0. The molecule has 0 fully saturated rings. The molecule has 0 unspecified atom stereocenters. The summed E-state index contributed by atoms with van der Waals surface area (Å²) in [4.78, 5) is 16.6. The Morgan fingerprint density at radius 3 is 1.96 bits per heavy atom. The molecule has 1 heterocycles. The zero-order chi connectivity index (χ0) is 20.0. The normalized spacial score (nSPS) is 11.1. The molecule has 0 atom stereocenters. The number of nitrogens with zero attached hydrogens (tertiary/aromatic N) is 1. The molecule has 144 valence electrons. The average Bonchev–Trinajstić information content (AvgIpc) is 2.68. The van der Waals surface area contributed by atoms with Gasteiger partial charge < -0.3 is 10.6 Å². The highest BCUT2D eigenvalue weighted by atomic mass is 16.2. The first-order valence-corrected chi connectivity index (χ1v) is 9.57. The summed E-state index contributed by atoms with van der Waals surface area (Å²) in [6.07, 6.45) is 3.64. The molecule has 0 saturated carbocycles. The number of aromatic nitrogens is 1. The molecule has 0 aliphatic rings. The van der Waals surface area contributed by atoms with Gasteiger partial charge in [0.25, 0.3) is 0 Å². The van der Waals surface area contributed by atoms with E-state index in [2.05, 4.69) is 36.4 Å². The number of amides is 2. The van der Waals surface area contributed by atoms with Crippen LogP contribution in [0.5, 0.6) is 0 Å². The van der Waals surface area contributed by atoms with Crippen molar-refractivity contribution in [1.29, 1.82) is 0 Å². The summed E-state index contributed by atoms with van der Waals surface area (Å²) in [6, 6.07) is 21.6. The predicted octanol–water partition coefficient (Wildman–Crippen LogP) is 5.81. The smallest absolute Gasteiger partial charge is 0.308 e. The fraction of sp³-hybridized carbons (Fsp3) is 0.250. The number of aryl methyl sites for hydroxylation is 2. The van der Waals surface area contributed by atoms with E-state index in [1.807, 2.05) is 72.9 Å². The van der Waals surface area contributed by atoms with Gasteiger partial charge in [-0.1, -0.05) is 51.1 Å². The third-order valence-corrected chi connectivity index (χ3v) is 4.62. The molecule has 2 N–H and O–H groups in total. The minimum atomic E-state index is -0.246. The van der Waals surface area contributed by atoms with Gasteiger partial charge in [-0.25, -0.2) is 4.79 Å². The van der Waals surface area contributed by atoms with Crippen LogP contribution in [0.3, 0.4) is 0 Å². The van der Waals surface area contributed by atoms with E-state index in [1.165, 1.54) is 11.1 Å². The number of pyridine rings is 1. The Kier molecular flexibility index (Phi) is 6.09. The fourth-order valence-corrected chi connectivity index (χ4v) is 2.92. The number of anilines is 2. The lowest BCUT2D eigenvalue weighted by Gasteiger charge is -2.19. The van der Waals surface area contributed by atoms with Crippen molar-refractivity contribution < 1.29 is 4.79 Å². The van der Waals surface area contributed by atoms with Crippen molar-refractivity contribution in [2.24, 2.45) is 0 Å². The number of urea groups is 1. The molecule has 0 aliphatic carbocycles. The molecule has 0 radical (unpaired) electrons. The molecular formula is C24H27N3O. The standard InChI is InChI=1S/C24H27N3O/c1-24(2,3)19-10-15-22(16-11-19)27-23(28)26-21-13-8-18(9-14-21)7-12-20-6-4-5-17-25-20/h4-6,8-11,13-17H,7,12H2,1-3H3,(H2,26,27,28). The zero-order valence-electron chi connectivity index (χ0n) is 16.7. The minimum absolute atomic E-state index is 0.0963. The molecular weight excluding hydrogens is 346 g/mol. The van der Waals surface area contributed by atoms with Crippen LogP contribution in [-0.4, -0.2) is 11.0 Å². The van der Waals surface area contributed by atoms with E-state index >= 15 is 0 Å². The van der Waals surface area contributed by atoms with Crippen molar-refractivity contribution in [2.75, 3.05) is 10.6 Å². The predicted molar refractivity (Wildman–Crippen MR) is 116 cm³/mol. The van der Waals surface area contributed by atoms with Crippen LogP contribution in [0.15, 0.2) is 72.9 Å². The Balaban J connectivity index is 1.51. The second-order valence-electron chi connectivity index (χ2n) is 7.92. The van der Waals surface area contributed by atoms with Crippen LogP contribution < -0.4 is 10.6 Å². The highest BCUT2D eigenvalue weighted by Gasteiger charge is 2.13. The average molecular weight is 374 g/mol. The molecule has 4 heteroatoms. The highest BCUT2D eigenvalue weighted by molar-refractivity contribution is 5.99. The largest absolute Gasteiger partial charge is 0.323 e. The Morgan fingerprint density at radius 1 is 0.821 bits per heavy atom. The molecule has 28 heavy (non-hydrogen) atoms. The topological polar surface area (TPSA) is 54.0 Å². The van der Waals surface area contributed by atoms with Crippen LogP contribution in [0.4, 0.5) is 16.2 Å². The van der Waals surface area contributed by atoms with Crippen molar-refractivity contribution in [2.45, 2.75) is 39.0 Å². The van der Waals surface area contributed by atoms with Gasteiger partial charge in [0, 0.05) is 23.3 Å². The van der Waals surface area contributed by atoms with Gasteiger partial charge in [-0.05, 0) is 65.8 Å². The third kappa shape index (κ3) is 5.68. The van der Waals surface area contributed by atoms with Crippen LogP contribution in [0.1, 0.15) is 37.6 Å². The number of carbonyl (C=O) groups is 1. The van der Waals surface area contributed by atoms with Gasteiger partial charge in [-0.15, -0.1) is 0 Å². The maximum absolute atomic E-state index is 12.2. The van der Waals surface area contributed by atoms with E-state index in [4.69, 9.17) is 0 Å². The SMILES string of the molecule is CC(C)(C)c1ccc(NC(=O)Nc2ccc(CCc3ccccn3)cc2)cc1. The van der Waals surface area contributed by atoms with Gasteiger partial charge in [0.15, 0.2) is 0 Å². The number of benzene rings is 2. The summed E-state index contributed by atoms with van der Waals surface area (Å²) in [7, 11) is 0. The van der Waals surface area contributed by atoms with Crippen molar-refractivity contribution in [3.05, 3.63) is 89.7 Å². The maximum Gasteiger partial charge on any atom is 0.323 e.